The van der Waals surface area contributed by atoms with E-state index >= 15 is 0 Å². The third kappa shape index (κ3) is 4.92. The van der Waals surface area contributed by atoms with Crippen molar-refractivity contribution in [2.45, 2.75) is 19.5 Å². The second kappa shape index (κ2) is 9.10. The Hall–Kier alpha value is -3.25. The lowest BCUT2D eigenvalue weighted by Crippen LogP contribution is -2.22. The van der Waals surface area contributed by atoms with Gasteiger partial charge in [0, 0.05) is 42.3 Å². The van der Waals surface area contributed by atoms with E-state index in [1.54, 1.807) is 12.4 Å². The summed E-state index contributed by atoms with van der Waals surface area (Å²) in [7, 11) is 2.02. The molecule has 1 N–H and O–H groups in total. The van der Waals surface area contributed by atoms with Gasteiger partial charge in [0.1, 0.15) is 5.75 Å². The quantitative estimate of drug-likeness (QED) is 0.643. The molecule has 0 bridgehead atoms. The van der Waals surface area contributed by atoms with Gasteiger partial charge in [-0.25, -0.2) is 4.79 Å². The number of carboxylic acids is 1. The highest BCUT2D eigenvalue weighted by atomic mass is 16.5. The number of hydrogen-bond donors (Lipinski definition) is 1. The van der Waals surface area contributed by atoms with Gasteiger partial charge < -0.3 is 9.84 Å². The Labute approximate surface area is 164 Å². The summed E-state index contributed by atoms with van der Waals surface area (Å²) in [6.45, 7) is 2.32. The van der Waals surface area contributed by atoms with E-state index < -0.39 is 5.97 Å². The SMILES string of the molecule is CC(c1cccnc1)N(C)Cc1cc(-c2ccccn2)ccc1OCC(=O)O. The highest BCUT2D eigenvalue weighted by Crippen LogP contribution is 2.29. The molecule has 0 aliphatic carbocycles. The lowest BCUT2D eigenvalue weighted by molar-refractivity contribution is -0.139. The number of ether oxygens (including phenoxy) is 1. The van der Waals surface area contributed by atoms with Gasteiger partial charge in [-0.1, -0.05) is 12.1 Å². The van der Waals surface area contributed by atoms with Gasteiger partial charge >= 0.3 is 5.97 Å². The molecule has 1 unspecified atom stereocenters. The maximum Gasteiger partial charge on any atom is 0.341 e. The molecule has 6 nitrogen and oxygen atoms in total. The topological polar surface area (TPSA) is 75.5 Å². The molecule has 0 aliphatic heterocycles. The maximum absolute atomic E-state index is 10.9. The number of benzene rings is 1. The first-order valence-electron chi connectivity index (χ1n) is 9.03. The van der Waals surface area contributed by atoms with Gasteiger partial charge in [-0.3, -0.25) is 14.9 Å². The van der Waals surface area contributed by atoms with Crippen LogP contribution in [0.25, 0.3) is 11.3 Å². The lowest BCUT2D eigenvalue weighted by atomic mass is 10.0. The number of carbonyl (C=O) groups is 1. The van der Waals surface area contributed by atoms with E-state index in [1.165, 1.54) is 0 Å². The summed E-state index contributed by atoms with van der Waals surface area (Å²) >= 11 is 0. The monoisotopic (exact) mass is 377 g/mol. The van der Waals surface area contributed by atoms with Crippen LogP contribution in [0.3, 0.4) is 0 Å². The second-order valence-corrected chi connectivity index (χ2v) is 6.60. The largest absolute Gasteiger partial charge is 0.482 e. The molecule has 1 aromatic carbocycles. The number of pyridine rings is 2. The summed E-state index contributed by atoms with van der Waals surface area (Å²) in [6, 6.07) is 15.6. The van der Waals surface area contributed by atoms with Crippen molar-refractivity contribution >= 4 is 5.97 Å². The van der Waals surface area contributed by atoms with Crippen LogP contribution in [0.2, 0.25) is 0 Å². The van der Waals surface area contributed by atoms with Gasteiger partial charge in [-0.2, -0.15) is 0 Å². The number of carboxylic acid groups (broad SMARTS) is 1. The van der Waals surface area contributed by atoms with Crippen molar-refractivity contribution in [3.63, 3.8) is 0 Å². The summed E-state index contributed by atoms with van der Waals surface area (Å²) in [6.07, 6.45) is 5.36. The molecule has 0 fully saturated rings. The third-order valence-corrected chi connectivity index (χ3v) is 4.62. The van der Waals surface area contributed by atoms with Crippen molar-refractivity contribution < 1.29 is 14.6 Å². The van der Waals surface area contributed by atoms with E-state index in [4.69, 9.17) is 9.84 Å². The molecular formula is C22H23N3O3. The smallest absolute Gasteiger partial charge is 0.341 e. The van der Waals surface area contributed by atoms with E-state index in [1.807, 2.05) is 61.8 Å². The number of hydrogen-bond acceptors (Lipinski definition) is 5. The predicted molar refractivity (Wildman–Crippen MR) is 107 cm³/mol. The highest BCUT2D eigenvalue weighted by molar-refractivity contribution is 5.69. The van der Waals surface area contributed by atoms with Crippen molar-refractivity contribution in [3.05, 3.63) is 78.2 Å². The molecule has 28 heavy (non-hydrogen) atoms. The van der Waals surface area contributed by atoms with Crippen LogP contribution in [0.15, 0.2) is 67.1 Å². The standard InChI is InChI=1S/C22H23N3O3/c1-16(18-6-5-10-23-13-18)25(2)14-19-12-17(20-7-3-4-11-24-20)8-9-21(19)28-15-22(26)27/h3-13,16H,14-15H2,1-2H3,(H,26,27). The van der Waals surface area contributed by atoms with Gasteiger partial charge in [0.2, 0.25) is 0 Å². The van der Waals surface area contributed by atoms with Crippen molar-refractivity contribution in [3.8, 4) is 17.0 Å². The Morgan fingerprint density at radius 1 is 1.18 bits per heavy atom. The van der Waals surface area contributed by atoms with E-state index in [0.717, 1.165) is 22.4 Å². The normalized spacial score (nSPS) is 12.0. The minimum Gasteiger partial charge on any atom is -0.482 e. The fraction of sp³-hybridized carbons (Fsp3) is 0.227. The molecule has 0 spiro atoms. The van der Waals surface area contributed by atoms with Crippen LogP contribution in [-0.4, -0.2) is 39.6 Å². The first kappa shape index (κ1) is 19.5. The van der Waals surface area contributed by atoms with E-state index in [-0.39, 0.29) is 12.6 Å². The van der Waals surface area contributed by atoms with Crippen molar-refractivity contribution in [1.82, 2.24) is 14.9 Å². The Morgan fingerprint density at radius 2 is 2.04 bits per heavy atom. The molecular weight excluding hydrogens is 354 g/mol. The summed E-state index contributed by atoms with van der Waals surface area (Å²) in [5, 5.41) is 8.96. The van der Waals surface area contributed by atoms with E-state index in [9.17, 15) is 4.79 Å². The van der Waals surface area contributed by atoms with Crippen LogP contribution in [0.1, 0.15) is 24.1 Å². The third-order valence-electron chi connectivity index (χ3n) is 4.62. The summed E-state index contributed by atoms with van der Waals surface area (Å²) in [5.74, 6) is -0.441. The minimum atomic E-state index is -1.00. The molecule has 3 rings (SSSR count). The Bertz CT molecular complexity index is 917. The number of aromatic nitrogens is 2. The molecule has 0 saturated heterocycles. The number of rotatable bonds is 8. The zero-order valence-corrected chi connectivity index (χ0v) is 15.9. The average molecular weight is 377 g/mol. The van der Waals surface area contributed by atoms with Gasteiger partial charge in [-0.15, -0.1) is 0 Å². The van der Waals surface area contributed by atoms with Crippen LogP contribution < -0.4 is 4.74 Å². The summed E-state index contributed by atoms with van der Waals surface area (Å²) < 4.78 is 5.52. The fourth-order valence-corrected chi connectivity index (χ4v) is 2.96. The van der Waals surface area contributed by atoms with Crippen LogP contribution in [-0.2, 0) is 11.3 Å². The molecule has 2 aromatic heterocycles. The maximum atomic E-state index is 10.9. The highest BCUT2D eigenvalue weighted by Gasteiger charge is 2.16. The van der Waals surface area contributed by atoms with Crippen LogP contribution in [0.4, 0.5) is 0 Å². The van der Waals surface area contributed by atoms with Crippen molar-refractivity contribution in [1.29, 1.82) is 0 Å². The molecule has 0 saturated carbocycles. The minimum absolute atomic E-state index is 0.138. The van der Waals surface area contributed by atoms with Crippen molar-refractivity contribution in [2.24, 2.45) is 0 Å². The summed E-state index contributed by atoms with van der Waals surface area (Å²) in [5.41, 5.74) is 3.83. The molecule has 6 heteroatoms. The molecule has 0 radical (unpaired) electrons. The Morgan fingerprint density at radius 3 is 2.71 bits per heavy atom. The Balaban J connectivity index is 1.88. The average Bonchev–Trinajstić information content (AvgIpc) is 2.73. The van der Waals surface area contributed by atoms with Gasteiger partial charge in [0.25, 0.3) is 0 Å². The molecule has 0 amide bonds. The van der Waals surface area contributed by atoms with E-state index in [0.29, 0.717) is 12.3 Å². The molecule has 144 valence electrons. The van der Waals surface area contributed by atoms with Crippen LogP contribution in [0, 0.1) is 0 Å². The lowest BCUT2D eigenvalue weighted by Gasteiger charge is -2.26. The first-order valence-corrected chi connectivity index (χ1v) is 9.03. The number of aliphatic carboxylic acids is 1. The molecule has 0 aliphatic rings. The fourth-order valence-electron chi connectivity index (χ4n) is 2.96. The van der Waals surface area contributed by atoms with Crippen molar-refractivity contribution in [2.75, 3.05) is 13.7 Å². The van der Waals surface area contributed by atoms with Gasteiger partial charge in [0.05, 0.1) is 5.69 Å². The van der Waals surface area contributed by atoms with Crippen LogP contribution >= 0.6 is 0 Å². The Kier molecular flexibility index (Phi) is 6.34. The predicted octanol–water partition coefficient (Wildman–Crippen LogP) is 3.80. The molecule has 2 heterocycles. The number of nitrogens with zero attached hydrogens (tertiary/aromatic N) is 3. The van der Waals surface area contributed by atoms with Gasteiger partial charge in [-0.05, 0) is 55.9 Å². The zero-order chi connectivity index (χ0) is 19.9. The second-order valence-electron chi connectivity index (χ2n) is 6.60. The summed E-state index contributed by atoms with van der Waals surface area (Å²) in [4.78, 5) is 21.7. The molecule has 3 aromatic rings. The molecule has 1 atom stereocenters. The van der Waals surface area contributed by atoms with E-state index in [2.05, 4.69) is 21.8 Å². The van der Waals surface area contributed by atoms with Crippen LogP contribution in [0.5, 0.6) is 5.75 Å². The first-order chi connectivity index (χ1) is 13.5. The zero-order valence-electron chi connectivity index (χ0n) is 15.9. The van der Waals surface area contributed by atoms with Gasteiger partial charge in [0.15, 0.2) is 6.61 Å².